The predicted molar refractivity (Wildman–Crippen MR) is 122 cm³/mol. The van der Waals surface area contributed by atoms with Gasteiger partial charge in [0.15, 0.2) is 0 Å². The Hall–Kier alpha value is -2.31. The third-order valence-corrected chi connectivity index (χ3v) is 5.71. The normalized spacial score (nSPS) is 20.8. The van der Waals surface area contributed by atoms with Crippen LogP contribution >= 0.6 is 11.8 Å². The van der Waals surface area contributed by atoms with E-state index in [2.05, 4.69) is 60.2 Å². The number of amidine groups is 1. The van der Waals surface area contributed by atoms with Crippen molar-refractivity contribution in [3.8, 4) is 0 Å². The van der Waals surface area contributed by atoms with E-state index in [0.717, 1.165) is 43.3 Å². The summed E-state index contributed by atoms with van der Waals surface area (Å²) in [5, 5.41) is 6.39. The number of aliphatic imine (C=N–C) groups is 1. The van der Waals surface area contributed by atoms with E-state index in [1.165, 1.54) is 4.90 Å². The maximum Gasteiger partial charge on any atom is 0.251 e. The van der Waals surface area contributed by atoms with E-state index in [-0.39, 0.29) is 5.91 Å². The highest BCUT2D eigenvalue weighted by Crippen LogP contribution is 2.26. The molecule has 0 atom stereocenters. The maximum absolute atomic E-state index is 12.7. The summed E-state index contributed by atoms with van der Waals surface area (Å²) >= 11 is 1.76. The minimum absolute atomic E-state index is 0.0863. The molecule has 3 rings (SSSR count). The summed E-state index contributed by atoms with van der Waals surface area (Å²) < 4.78 is 0. The zero-order valence-corrected chi connectivity index (χ0v) is 18.1. The lowest BCUT2D eigenvalue weighted by Gasteiger charge is -2.31. The summed E-state index contributed by atoms with van der Waals surface area (Å²) in [6, 6.07) is 8.37. The van der Waals surface area contributed by atoms with Gasteiger partial charge in [0.25, 0.3) is 5.91 Å². The van der Waals surface area contributed by atoms with E-state index >= 15 is 0 Å². The Labute approximate surface area is 178 Å². The summed E-state index contributed by atoms with van der Waals surface area (Å²) in [7, 11) is 0. The van der Waals surface area contributed by atoms with E-state index < -0.39 is 0 Å². The fraction of sp³-hybridized carbons (Fsp3) is 0.391. The van der Waals surface area contributed by atoms with Crippen LogP contribution in [0.4, 0.5) is 0 Å². The molecule has 6 heteroatoms. The average Bonchev–Trinajstić information content (AvgIpc) is 2.76. The largest absolute Gasteiger partial charge is 0.354 e. The van der Waals surface area contributed by atoms with Crippen molar-refractivity contribution in [2.24, 2.45) is 10.9 Å². The molecule has 1 fully saturated rings. The number of benzene rings is 1. The van der Waals surface area contributed by atoms with Gasteiger partial charge in [-0.15, -0.1) is 11.8 Å². The molecular weight excluding hydrogens is 380 g/mol. The van der Waals surface area contributed by atoms with Gasteiger partial charge in [-0.3, -0.25) is 4.79 Å². The van der Waals surface area contributed by atoms with Crippen molar-refractivity contribution < 1.29 is 4.79 Å². The van der Waals surface area contributed by atoms with Gasteiger partial charge >= 0.3 is 0 Å². The second kappa shape index (κ2) is 10.5. The molecule has 1 aromatic carbocycles. The molecule has 0 aliphatic carbocycles. The SMILES string of the molecule is C=C1/C=C(C(=O)NCC(C)C)\C=C/CSc2ccccc2C(N2CCNCC2)=N1. The number of thioether (sulfide) groups is 1. The summed E-state index contributed by atoms with van der Waals surface area (Å²) in [4.78, 5) is 21.0. The number of allylic oxidation sites excluding steroid dienone is 1. The first-order valence-electron chi connectivity index (χ1n) is 10.2. The van der Waals surface area contributed by atoms with Crippen LogP contribution in [0, 0.1) is 5.92 Å². The molecule has 0 radical (unpaired) electrons. The Bertz CT molecular complexity index is 835. The number of hydrogen-bond donors (Lipinski definition) is 2. The van der Waals surface area contributed by atoms with Crippen LogP contribution in [-0.4, -0.2) is 55.1 Å². The second-order valence-corrected chi connectivity index (χ2v) is 8.64. The fourth-order valence-corrected chi connectivity index (χ4v) is 4.07. The lowest BCUT2D eigenvalue weighted by atomic mass is 10.1. The topological polar surface area (TPSA) is 56.7 Å². The van der Waals surface area contributed by atoms with Crippen LogP contribution < -0.4 is 10.6 Å². The second-order valence-electron chi connectivity index (χ2n) is 7.58. The molecule has 0 aromatic heterocycles. The van der Waals surface area contributed by atoms with E-state index in [4.69, 9.17) is 4.99 Å². The number of fused-ring (bicyclic) bond motifs is 1. The molecule has 2 N–H and O–H groups in total. The van der Waals surface area contributed by atoms with Gasteiger partial charge in [0.05, 0.1) is 5.70 Å². The van der Waals surface area contributed by atoms with E-state index in [1.54, 1.807) is 17.8 Å². The van der Waals surface area contributed by atoms with Gasteiger partial charge in [-0.25, -0.2) is 4.99 Å². The first-order valence-corrected chi connectivity index (χ1v) is 11.1. The average molecular weight is 411 g/mol. The molecule has 1 saturated heterocycles. The highest BCUT2D eigenvalue weighted by atomic mass is 32.2. The van der Waals surface area contributed by atoms with Gasteiger partial charge in [0.1, 0.15) is 5.84 Å². The number of nitrogens with one attached hydrogen (secondary N) is 2. The Morgan fingerprint density at radius 2 is 2.07 bits per heavy atom. The minimum atomic E-state index is -0.0863. The van der Waals surface area contributed by atoms with Crippen LogP contribution in [-0.2, 0) is 4.79 Å². The zero-order valence-electron chi connectivity index (χ0n) is 17.3. The highest BCUT2D eigenvalue weighted by molar-refractivity contribution is 7.99. The number of amides is 1. The Morgan fingerprint density at radius 3 is 2.83 bits per heavy atom. The molecule has 5 nitrogen and oxygen atoms in total. The number of piperazine rings is 1. The Morgan fingerprint density at radius 1 is 1.31 bits per heavy atom. The number of carbonyl (C=O) groups is 1. The third kappa shape index (κ3) is 6.08. The van der Waals surface area contributed by atoms with E-state index in [9.17, 15) is 4.79 Å². The van der Waals surface area contributed by atoms with Crippen molar-refractivity contribution in [2.45, 2.75) is 18.7 Å². The molecule has 1 aromatic rings. The van der Waals surface area contributed by atoms with Crippen LogP contribution in [0.15, 0.2) is 70.2 Å². The Balaban J connectivity index is 1.97. The summed E-state index contributed by atoms with van der Waals surface area (Å²) in [6.45, 7) is 12.6. The van der Waals surface area contributed by atoms with Gasteiger partial charge in [-0.2, -0.15) is 0 Å². The molecule has 2 aliphatic heterocycles. The first kappa shape index (κ1) is 21.4. The van der Waals surface area contributed by atoms with Crippen molar-refractivity contribution in [2.75, 3.05) is 38.5 Å². The number of carbonyl (C=O) groups excluding carboxylic acids is 1. The third-order valence-electron chi connectivity index (χ3n) is 4.68. The van der Waals surface area contributed by atoms with E-state index in [0.29, 0.717) is 23.7 Å². The summed E-state index contributed by atoms with van der Waals surface area (Å²) in [5.74, 6) is 2.03. The van der Waals surface area contributed by atoms with Gasteiger partial charge in [-0.1, -0.05) is 50.8 Å². The standard InChI is InChI=1S/C23H30N4OS/c1-17(2)16-25-23(28)19-7-6-14-29-21-9-5-4-8-20(21)22(26-18(3)15-19)27-12-10-24-11-13-27/h4-9,15,17,24H,3,10-14,16H2,1-2H3,(H,25,28)/b7-6-,19-15+,26-22?. The van der Waals surface area contributed by atoms with Crippen molar-refractivity contribution in [1.82, 2.24) is 15.5 Å². The quantitative estimate of drug-likeness (QED) is 0.803. The van der Waals surface area contributed by atoms with Gasteiger partial charge in [0, 0.05) is 54.5 Å². The molecule has 29 heavy (non-hydrogen) atoms. The molecule has 1 amide bonds. The van der Waals surface area contributed by atoms with Gasteiger partial charge in [0.2, 0.25) is 0 Å². The highest BCUT2D eigenvalue weighted by Gasteiger charge is 2.20. The van der Waals surface area contributed by atoms with Crippen LogP contribution in [0.5, 0.6) is 0 Å². The van der Waals surface area contributed by atoms with Crippen LogP contribution in [0.3, 0.4) is 0 Å². The maximum atomic E-state index is 12.7. The van der Waals surface area contributed by atoms with E-state index in [1.807, 2.05) is 12.2 Å². The lowest BCUT2D eigenvalue weighted by Crippen LogP contribution is -2.46. The monoisotopic (exact) mass is 410 g/mol. The van der Waals surface area contributed by atoms with Crippen LogP contribution in [0.25, 0.3) is 0 Å². The molecule has 154 valence electrons. The number of hydrogen-bond acceptors (Lipinski definition) is 5. The molecule has 0 spiro atoms. The molecule has 0 unspecified atom stereocenters. The van der Waals surface area contributed by atoms with Crippen molar-refractivity contribution in [1.29, 1.82) is 0 Å². The van der Waals surface area contributed by atoms with Crippen LogP contribution in [0.2, 0.25) is 0 Å². The molecule has 0 bridgehead atoms. The lowest BCUT2D eigenvalue weighted by molar-refractivity contribution is -0.117. The minimum Gasteiger partial charge on any atom is -0.354 e. The van der Waals surface area contributed by atoms with Crippen molar-refractivity contribution >= 4 is 23.5 Å². The van der Waals surface area contributed by atoms with Crippen molar-refractivity contribution in [3.63, 3.8) is 0 Å². The van der Waals surface area contributed by atoms with Gasteiger partial charge in [-0.05, 0) is 18.1 Å². The number of nitrogens with zero attached hydrogens (tertiary/aromatic N) is 2. The van der Waals surface area contributed by atoms with Crippen LogP contribution in [0.1, 0.15) is 19.4 Å². The van der Waals surface area contributed by atoms with Gasteiger partial charge < -0.3 is 15.5 Å². The number of rotatable bonds is 3. The molecular formula is C23H30N4OS. The Kier molecular flexibility index (Phi) is 7.72. The predicted octanol–water partition coefficient (Wildman–Crippen LogP) is 3.21. The molecule has 2 aliphatic rings. The zero-order chi connectivity index (χ0) is 20.6. The fourth-order valence-electron chi connectivity index (χ4n) is 3.20. The van der Waals surface area contributed by atoms with Crippen molar-refractivity contribution in [3.05, 3.63) is 65.9 Å². The smallest absolute Gasteiger partial charge is 0.251 e. The first-order chi connectivity index (χ1) is 14.0. The molecule has 2 heterocycles. The summed E-state index contributed by atoms with van der Waals surface area (Å²) in [6.07, 6.45) is 5.69. The summed E-state index contributed by atoms with van der Waals surface area (Å²) in [5.41, 5.74) is 2.29. The molecule has 0 saturated carbocycles.